The molecule has 1 atom stereocenters. The van der Waals surface area contributed by atoms with E-state index in [2.05, 4.69) is 10.4 Å². The molecule has 1 amide bonds. The molecule has 7 heteroatoms. The quantitative estimate of drug-likeness (QED) is 0.837. The third-order valence-electron chi connectivity index (χ3n) is 3.88. The van der Waals surface area contributed by atoms with Gasteiger partial charge in [-0.2, -0.15) is 5.10 Å². The van der Waals surface area contributed by atoms with Gasteiger partial charge in [0.25, 0.3) is 0 Å². The molecule has 1 heterocycles. The number of amides is 1. The molecule has 0 radical (unpaired) electrons. The van der Waals surface area contributed by atoms with E-state index in [-0.39, 0.29) is 24.4 Å². The van der Waals surface area contributed by atoms with Gasteiger partial charge in [-0.3, -0.25) is 9.80 Å². The van der Waals surface area contributed by atoms with Gasteiger partial charge in [0.1, 0.15) is 17.6 Å². The summed E-state index contributed by atoms with van der Waals surface area (Å²) >= 11 is 0. The van der Waals surface area contributed by atoms with Gasteiger partial charge in [0.05, 0.1) is 18.0 Å². The zero-order valence-corrected chi connectivity index (χ0v) is 14.2. The summed E-state index contributed by atoms with van der Waals surface area (Å²) in [5.74, 6) is -1.55. The van der Waals surface area contributed by atoms with Gasteiger partial charge >= 0.3 is 5.97 Å². The van der Waals surface area contributed by atoms with Crippen LogP contribution < -0.4 is 10.3 Å². The lowest BCUT2D eigenvalue weighted by atomic mass is 10.1. The number of carbonyl (C=O) groups excluding carboxylic acids is 2. The van der Waals surface area contributed by atoms with Crippen molar-refractivity contribution in [2.45, 2.75) is 19.4 Å². The fourth-order valence-electron chi connectivity index (χ4n) is 2.65. The summed E-state index contributed by atoms with van der Waals surface area (Å²) in [4.78, 5) is 24.8. The van der Waals surface area contributed by atoms with E-state index >= 15 is 0 Å². The molecule has 134 valence electrons. The molecule has 2 aromatic rings. The number of anilines is 2. The molecular formula is C19H18FN3O3. The van der Waals surface area contributed by atoms with Gasteiger partial charge in [0.15, 0.2) is 0 Å². The second-order valence-corrected chi connectivity index (χ2v) is 5.64. The van der Waals surface area contributed by atoms with Crippen molar-refractivity contribution in [1.82, 2.24) is 0 Å². The summed E-state index contributed by atoms with van der Waals surface area (Å²) in [7, 11) is 0. The molecule has 0 bridgehead atoms. The van der Waals surface area contributed by atoms with Crippen molar-refractivity contribution in [3.63, 3.8) is 0 Å². The standard InChI is InChI=1S/C19H18FN3O3/c1-2-26-19(25)16-12-17(23(22-16)13-8-4-3-5-9-13)18(24)21-15-11-7-6-10-14(15)20/h3-11,17H,2,12H2,1H3,(H,21,24). The van der Waals surface area contributed by atoms with Crippen LogP contribution in [0.25, 0.3) is 0 Å². The Balaban J connectivity index is 1.85. The zero-order chi connectivity index (χ0) is 18.5. The molecule has 0 aromatic heterocycles. The number of nitrogens with one attached hydrogen (secondary N) is 1. The largest absolute Gasteiger partial charge is 0.461 e. The second-order valence-electron chi connectivity index (χ2n) is 5.64. The summed E-state index contributed by atoms with van der Waals surface area (Å²) in [5.41, 5.74) is 0.889. The molecule has 0 aliphatic carbocycles. The third-order valence-corrected chi connectivity index (χ3v) is 3.88. The maximum Gasteiger partial charge on any atom is 0.354 e. The summed E-state index contributed by atoms with van der Waals surface area (Å²) in [5, 5.41) is 8.29. The average molecular weight is 355 g/mol. The fraction of sp³-hybridized carbons (Fsp3) is 0.211. The van der Waals surface area contributed by atoms with Gasteiger partial charge < -0.3 is 10.1 Å². The molecule has 26 heavy (non-hydrogen) atoms. The first-order chi connectivity index (χ1) is 12.6. The Hall–Kier alpha value is -3.22. The maximum absolute atomic E-state index is 13.8. The van der Waals surface area contributed by atoms with Crippen LogP contribution in [0, 0.1) is 5.82 Å². The summed E-state index contributed by atoms with van der Waals surface area (Å²) in [6.45, 7) is 1.92. The van der Waals surface area contributed by atoms with Gasteiger partial charge in [-0.15, -0.1) is 0 Å². The van der Waals surface area contributed by atoms with Crippen molar-refractivity contribution < 1.29 is 18.7 Å². The first kappa shape index (κ1) is 17.6. The van der Waals surface area contributed by atoms with Crippen LogP contribution in [0.5, 0.6) is 0 Å². The number of esters is 1. The van der Waals surface area contributed by atoms with Gasteiger partial charge in [-0.1, -0.05) is 30.3 Å². The molecule has 1 N–H and O–H groups in total. The van der Waals surface area contributed by atoms with E-state index in [4.69, 9.17) is 4.74 Å². The molecule has 2 aromatic carbocycles. The Morgan fingerprint density at radius 2 is 1.88 bits per heavy atom. The molecule has 0 fully saturated rings. The molecule has 3 rings (SSSR count). The van der Waals surface area contributed by atoms with E-state index < -0.39 is 23.7 Å². The second kappa shape index (κ2) is 7.77. The minimum Gasteiger partial charge on any atom is -0.461 e. The van der Waals surface area contributed by atoms with E-state index in [9.17, 15) is 14.0 Å². The monoisotopic (exact) mass is 355 g/mol. The zero-order valence-electron chi connectivity index (χ0n) is 14.2. The Labute approximate surface area is 150 Å². The van der Waals surface area contributed by atoms with Crippen molar-refractivity contribution in [3.8, 4) is 0 Å². The number of benzene rings is 2. The number of rotatable bonds is 5. The summed E-state index contributed by atoms with van der Waals surface area (Å²) in [6.07, 6.45) is 0.0774. The number of nitrogens with zero attached hydrogens (tertiary/aromatic N) is 2. The highest BCUT2D eigenvalue weighted by molar-refractivity contribution is 6.38. The van der Waals surface area contributed by atoms with Crippen molar-refractivity contribution in [3.05, 3.63) is 60.4 Å². The van der Waals surface area contributed by atoms with E-state index in [1.54, 1.807) is 43.3 Å². The van der Waals surface area contributed by atoms with Crippen LogP contribution in [0.4, 0.5) is 15.8 Å². The highest BCUT2D eigenvalue weighted by Gasteiger charge is 2.37. The number of hydrogen-bond acceptors (Lipinski definition) is 5. The van der Waals surface area contributed by atoms with Crippen LogP contribution in [0.1, 0.15) is 13.3 Å². The fourth-order valence-corrected chi connectivity index (χ4v) is 2.65. The predicted octanol–water partition coefficient (Wildman–Crippen LogP) is 2.96. The van der Waals surface area contributed by atoms with E-state index in [0.29, 0.717) is 5.69 Å². The van der Waals surface area contributed by atoms with Crippen LogP contribution in [0.15, 0.2) is 59.7 Å². The number of ether oxygens (including phenoxy) is 1. The Bertz CT molecular complexity index is 839. The van der Waals surface area contributed by atoms with Crippen molar-refractivity contribution in [1.29, 1.82) is 0 Å². The third kappa shape index (κ3) is 3.72. The Kier molecular flexibility index (Phi) is 5.26. The first-order valence-electron chi connectivity index (χ1n) is 8.24. The number of carbonyl (C=O) groups is 2. The van der Waals surface area contributed by atoms with Gasteiger partial charge in [-0.05, 0) is 31.2 Å². The number of para-hydroxylation sites is 2. The Morgan fingerprint density at radius 1 is 1.19 bits per heavy atom. The van der Waals surface area contributed by atoms with Gasteiger partial charge in [-0.25, -0.2) is 9.18 Å². The number of hydrogen-bond donors (Lipinski definition) is 1. The van der Waals surface area contributed by atoms with Crippen LogP contribution >= 0.6 is 0 Å². The predicted molar refractivity (Wildman–Crippen MR) is 96.4 cm³/mol. The summed E-state index contributed by atoms with van der Waals surface area (Å²) < 4.78 is 18.8. The number of halogens is 1. The molecule has 0 saturated heterocycles. The molecule has 0 saturated carbocycles. The maximum atomic E-state index is 13.8. The highest BCUT2D eigenvalue weighted by atomic mass is 19.1. The van der Waals surface area contributed by atoms with Crippen molar-refractivity contribution in [2.24, 2.45) is 5.10 Å². The topological polar surface area (TPSA) is 71.0 Å². The lowest BCUT2D eigenvalue weighted by Crippen LogP contribution is -2.39. The molecule has 1 aliphatic rings. The van der Waals surface area contributed by atoms with Crippen LogP contribution in [0.3, 0.4) is 0 Å². The van der Waals surface area contributed by atoms with Crippen LogP contribution in [-0.4, -0.2) is 30.2 Å². The van der Waals surface area contributed by atoms with Gasteiger partial charge in [0, 0.05) is 6.42 Å². The minimum atomic E-state index is -0.781. The van der Waals surface area contributed by atoms with Crippen molar-refractivity contribution >= 4 is 29.0 Å². The lowest BCUT2D eigenvalue weighted by Gasteiger charge is -2.22. The van der Waals surface area contributed by atoms with E-state index in [0.717, 1.165) is 0 Å². The van der Waals surface area contributed by atoms with E-state index in [1.165, 1.54) is 17.1 Å². The smallest absolute Gasteiger partial charge is 0.354 e. The van der Waals surface area contributed by atoms with Gasteiger partial charge in [0.2, 0.25) is 5.91 Å². The Morgan fingerprint density at radius 3 is 2.58 bits per heavy atom. The molecule has 1 unspecified atom stereocenters. The summed E-state index contributed by atoms with van der Waals surface area (Å²) in [6, 6.07) is 14.1. The lowest BCUT2D eigenvalue weighted by molar-refractivity contribution is -0.135. The molecule has 1 aliphatic heterocycles. The van der Waals surface area contributed by atoms with Crippen LogP contribution in [-0.2, 0) is 14.3 Å². The molecule has 6 nitrogen and oxygen atoms in total. The first-order valence-corrected chi connectivity index (χ1v) is 8.24. The SMILES string of the molecule is CCOC(=O)C1=NN(c2ccccc2)C(C(=O)Nc2ccccc2F)C1. The highest BCUT2D eigenvalue weighted by Crippen LogP contribution is 2.26. The number of hydrazone groups is 1. The van der Waals surface area contributed by atoms with Crippen molar-refractivity contribution in [2.75, 3.05) is 16.9 Å². The molecular weight excluding hydrogens is 337 g/mol. The van der Waals surface area contributed by atoms with E-state index in [1.807, 2.05) is 6.07 Å². The molecule has 0 spiro atoms. The average Bonchev–Trinajstić information content (AvgIpc) is 3.10. The van der Waals surface area contributed by atoms with Crippen LogP contribution in [0.2, 0.25) is 0 Å². The normalized spacial score (nSPS) is 16.2. The minimum absolute atomic E-state index is 0.0774.